The Morgan fingerprint density at radius 1 is 1.15 bits per heavy atom. The summed E-state index contributed by atoms with van der Waals surface area (Å²) in [4.78, 5) is 12.8. The van der Waals surface area contributed by atoms with Gasteiger partial charge in [0.05, 0.1) is 16.1 Å². The number of nitrogens with one attached hydrogen (secondary N) is 3. The topological polar surface area (TPSA) is 87.3 Å². The molecule has 2 aromatic carbocycles. The molecule has 3 N–H and O–H groups in total. The van der Waals surface area contributed by atoms with Crippen molar-refractivity contribution in [2.75, 3.05) is 17.8 Å². The molecule has 0 aliphatic carbocycles. The highest BCUT2D eigenvalue weighted by Crippen LogP contribution is 2.24. The Morgan fingerprint density at radius 3 is 2.62 bits per heavy atom. The van der Waals surface area contributed by atoms with Crippen molar-refractivity contribution < 1.29 is 13.2 Å². The van der Waals surface area contributed by atoms with Crippen LogP contribution in [0.5, 0.6) is 0 Å². The first-order valence-electron chi connectivity index (χ1n) is 8.35. The lowest BCUT2D eigenvalue weighted by Gasteiger charge is -2.24. The molecule has 1 fully saturated rings. The molecule has 138 valence electrons. The number of hydrogen-bond donors (Lipinski definition) is 3. The van der Waals surface area contributed by atoms with Crippen molar-refractivity contribution in [3.63, 3.8) is 0 Å². The third-order valence-electron chi connectivity index (χ3n) is 4.16. The smallest absolute Gasteiger partial charge is 0.261 e. The molecular formula is C18H20ClN3O3S. The van der Waals surface area contributed by atoms with Crippen LogP contribution in [0.4, 0.5) is 5.69 Å². The molecule has 1 aliphatic rings. The van der Waals surface area contributed by atoms with E-state index in [-0.39, 0.29) is 28.1 Å². The second-order valence-electron chi connectivity index (χ2n) is 6.13. The lowest BCUT2D eigenvalue weighted by molar-refractivity contribution is 0.0931. The van der Waals surface area contributed by atoms with Gasteiger partial charge in [-0.15, -0.1) is 0 Å². The third-order valence-corrected chi connectivity index (χ3v) is 5.77. The number of carbonyl (C=O) groups is 1. The maximum atomic E-state index is 12.7. The fraction of sp³-hybridized carbons (Fsp3) is 0.278. The fourth-order valence-corrected chi connectivity index (χ4v) is 4.10. The second kappa shape index (κ2) is 8.07. The molecule has 2 aromatic rings. The summed E-state index contributed by atoms with van der Waals surface area (Å²) in [5, 5.41) is 6.51. The van der Waals surface area contributed by atoms with Crippen LogP contribution in [0.25, 0.3) is 0 Å². The zero-order chi connectivity index (χ0) is 18.6. The van der Waals surface area contributed by atoms with Crippen LogP contribution in [0, 0.1) is 0 Å². The van der Waals surface area contributed by atoms with Crippen LogP contribution >= 0.6 is 11.6 Å². The quantitative estimate of drug-likeness (QED) is 0.728. The Labute approximate surface area is 158 Å². The SMILES string of the molecule is O=C(N[C@H]1CCCNC1)c1ccc(Cl)cc1NS(=O)(=O)c1ccccc1. The maximum Gasteiger partial charge on any atom is 0.261 e. The summed E-state index contributed by atoms with van der Waals surface area (Å²) in [7, 11) is -3.82. The van der Waals surface area contributed by atoms with Gasteiger partial charge in [-0.1, -0.05) is 29.8 Å². The normalized spacial score (nSPS) is 17.5. The van der Waals surface area contributed by atoms with E-state index in [0.29, 0.717) is 11.6 Å². The van der Waals surface area contributed by atoms with E-state index in [0.717, 1.165) is 19.4 Å². The number of hydrogen-bond acceptors (Lipinski definition) is 4. The summed E-state index contributed by atoms with van der Waals surface area (Å²) >= 11 is 6.01. The summed E-state index contributed by atoms with van der Waals surface area (Å²) in [6.45, 7) is 1.64. The zero-order valence-electron chi connectivity index (χ0n) is 14.0. The third kappa shape index (κ3) is 4.55. The van der Waals surface area contributed by atoms with E-state index in [2.05, 4.69) is 15.4 Å². The van der Waals surface area contributed by atoms with Gasteiger partial charge >= 0.3 is 0 Å². The van der Waals surface area contributed by atoms with Crippen molar-refractivity contribution >= 4 is 33.2 Å². The van der Waals surface area contributed by atoms with Crippen molar-refractivity contribution in [2.45, 2.75) is 23.8 Å². The molecule has 8 heteroatoms. The summed E-state index contributed by atoms with van der Waals surface area (Å²) < 4.78 is 27.6. The van der Waals surface area contributed by atoms with E-state index < -0.39 is 10.0 Å². The molecule has 0 aromatic heterocycles. The van der Waals surface area contributed by atoms with Crippen LogP contribution in [0.3, 0.4) is 0 Å². The standard InChI is InChI=1S/C18H20ClN3O3S/c19-13-8-9-16(18(23)21-14-5-4-10-20-12-14)17(11-13)22-26(24,25)15-6-2-1-3-7-15/h1-3,6-9,11,14,20,22H,4-5,10,12H2,(H,21,23)/t14-/m0/s1. The van der Waals surface area contributed by atoms with Gasteiger partial charge in [-0.05, 0) is 49.7 Å². The predicted octanol–water partition coefficient (Wildman–Crippen LogP) is 2.62. The largest absolute Gasteiger partial charge is 0.348 e. The molecule has 1 atom stereocenters. The molecule has 3 rings (SSSR count). The van der Waals surface area contributed by atoms with Gasteiger partial charge in [-0.3, -0.25) is 9.52 Å². The van der Waals surface area contributed by atoms with Crippen molar-refractivity contribution in [1.29, 1.82) is 0 Å². The van der Waals surface area contributed by atoms with Crippen molar-refractivity contribution in [2.24, 2.45) is 0 Å². The Hall–Kier alpha value is -2.09. The number of rotatable bonds is 5. The average Bonchev–Trinajstić information content (AvgIpc) is 2.63. The lowest BCUT2D eigenvalue weighted by Crippen LogP contribution is -2.45. The zero-order valence-corrected chi connectivity index (χ0v) is 15.6. The van der Waals surface area contributed by atoms with E-state index in [1.165, 1.54) is 24.3 Å². The van der Waals surface area contributed by atoms with Crippen molar-refractivity contribution in [3.8, 4) is 0 Å². The number of anilines is 1. The lowest BCUT2D eigenvalue weighted by atomic mass is 10.1. The summed E-state index contributed by atoms with van der Waals surface area (Å²) in [5.41, 5.74) is 0.391. The van der Waals surface area contributed by atoms with Gasteiger partial charge in [0.1, 0.15) is 0 Å². The van der Waals surface area contributed by atoms with E-state index >= 15 is 0 Å². The van der Waals surface area contributed by atoms with Crippen LogP contribution in [-0.2, 0) is 10.0 Å². The molecule has 6 nitrogen and oxygen atoms in total. The first kappa shape index (κ1) is 18.7. The van der Waals surface area contributed by atoms with Crippen LogP contribution in [0.15, 0.2) is 53.4 Å². The van der Waals surface area contributed by atoms with Crippen LogP contribution < -0.4 is 15.4 Å². The van der Waals surface area contributed by atoms with E-state index in [4.69, 9.17) is 11.6 Å². The van der Waals surface area contributed by atoms with Gasteiger partial charge < -0.3 is 10.6 Å². The monoisotopic (exact) mass is 393 g/mol. The Morgan fingerprint density at radius 2 is 1.92 bits per heavy atom. The van der Waals surface area contributed by atoms with Gasteiger partial charge in [-0.25, -0.2) is 8.42 Å². The van der Waals surface area contributed by atoms with Gasteiger partial charge in [0.2, 0.25) is 0 Å². The first-order valence-corrected chi connectivity index (χ1v) is 10.2. The maximum absolute atomic E-state index is 12.7. The molecule has 1 amide bonds. The molecule has 0 unspecified atom stereocenters. The number of sulfonamides is 1. The van der Waals surface area contributed by atoms with Gasteiger partial charge in [0, 0.05) is 17.6 Å². The summed E-state index contributed by atoms with van der Waals surface area (Å²) in [5.74, 6) is -0.332. The highest BCUT2D eigenvalue weighted by Gasteiger charge is 2.21. The Balaban J connectivity index is 1.85. The highest BCUT2D eigenvalue weighted by atomic mass is 35.5. The molecule has 0 saturated carbocycles. The molecule has 1 saturated heterocycles. The highest BCUT2D eigenvalue weighted by molar-refractivity contribution is 7.92. The molecule has 0 radical (unpaired) electrons. The van der Waals surface area contributed by atoms with Crippen LogP contribution in [0.1, 0.15) is 23.2 Å². The number of piperidine rings is 1. The van der Waals surface area contributed by atoms with Gasteiger partial charge in [-0.2, -0.15) is 0 Å². The first-order chi connectivity index (χ1) is 12.5. The summed E-state index contributed by atoms with van der Waals surface area (Å²) in [6, 6.07) is 12.5. The van der Waals surface area contributed by atoms with Gasteiger partial charge in [0.25, 0.3) is 15.9 Å². The Kier molecular flexibility index (Phi) is 5.80. The molecule has 0 spiro atoms. The number of carbonyl (C=O) groups excluding carboxylic acids is 1. The Bertz CT molecular complexity index is 882. The summed E-state index contributed by atoms with van der Waals surface area (Å²) in [6.07, 6.45) is 1.87. The minimum Gasteiger partial charge on any atom is -0.348 e. The van der Waals surface area contributed by atoms with E-state index in [1.807, 2.05) is 0 Å². The van der Waals surface area contributed by atoms with Crippen LogP contribution in [-0.4, -0.2) is 33.5 Å². The minimum atomic E-state index is -3.82. The number of halogens is 1. The number of benzene rings is 2. The van der Waals surface area contributed by atoms with Crippen molar-refractivity contribution in [3.05, 3.63) is 59.1 Å². The average molecular weight is 394 g/mol. The van der Waals surface area contributed by atoms with E-state index in [9.17, 15) is 13.2 Å². The molecule has 1 heterocycles. The predicted molar refractivity (Wildman–Crippen MR) is 102 cm³/mol. The fourth-order valence-electron chi connectivity index (χ4n) is 2.84. The molecule has 0 bridgehead atoms. The van der Waals surface area contributed by atoms with E-state index in [1.54, 1.807) is 24.3 Å². The van der Waals surface area contributed by atoms with Crippen molar-refractivity contribution in [1.82, 2.24) is 10.6 Å². The molecular weight excluding hydrogens is 374 g/mol. The second-order valence-corrected chi connectivity index (χ2v) is 8.24. The molecule has 1 aliphatic heterocycles. The van der Waals surface area contributed by atoms with Crippen LogP contribution in [0.2, 0.25) is 5.02 Å². The minimum absolute atomic E-state index is 0.0190. The molecule has 26 heavy (non-hydrogen) atoms. The van der Waals surface area contributed by atoms with Gasteiger partial charge in [0.15, 0.2) is 0 Å². The number of amides is 1.